The van der Waals surface area contributed by atoms with Crippen molar-refractivity contribution in [3.8, 4) is 0 Å². The summed E-state index contributed by atoms with van der Waals surface area (Å²) in [7, 11) is 0. The van der Waals surface area contributed by atoms with E-state index in [0.717, 1.165) is 0 Å². The molecule has 0 unspecified atom stereocenters. The molecule has 19 heavy (non-hydrogen) atoms. The van der Waals surface area contributed by atoms with Gasteiger partial charge in [-0.25, -0.2) is 18.2 Å². The third kappa shape index (κ3) is 2.65. The molecule has 0 aliphatic heterocycles. The van der Waals surface area contributed by atoms with E-state index in [4.69, 9.17) is 5.73 Å². The van der Waals surface area contributed by atoms with Gasteiger partial charge in [0, 0.05) is 18.3 Å². The highest BCUT2D eigenvalue weighted by molar-refractivity contribution is 6.07. The van der Waals surface area contributed by atoms with Crippen LogP contribution < -0.4 is 11.1 Å². The highest BCUT2D eigenvalue weighted by Crippen LogP contribution is 2.20. The summed E-state index contributed by atoms with van der Waals surface area (Å²) in [6.45, 7) is 0. The third-order valence-electron chi connectivity index (χ3n) is 2.32. The Hall–Kier alpha value is -2.57. The molecule has 3 N–H and O–H groups in total. The first kappa shape index (κ1) is 12.9. The van der Waals surface area contributed by atoms with Crippen LogP contribution >= 0.6 is 0 Å². The molecule has 98 valence electrons. The number of pyridine rings is 1. The van der Waals surface area contributed by atoms with Crippen LogP contribution in [0.4, 0.5) is 24.7 Å². The fourth-order valence-corrected chi connectivity index (χ4v) is 1.45. The van der Waals surface area contributed by atoms with Gasteiger partial charge in [-0.2, -0.15) is 0 Å². The summed E-state index contributed by atoms with van der Waals surface area (Å²) < 4.78 is 39.3. The second-order valence-electron chi connectivity index (χ2n) is 3.64. The molecule has 0 aliphatic rings. The zero-order chi connectivity index (χ0) is 14.0. The minimum absolute atomic E-state index is 0.0217. The molecule has 0 aliphatic carbocycles. The molecule has 1 aromatic carbocycles. The number of nitrogen functional groups attached to an aromatic ring is 1. The zero-order valence-electron chi connectivity index (χ0n) is 9.45. The molecule has 0 saturated heterocycles. The lowest BCUT2D eigenvalue weighted by Gasteiger charge is -2.08. The minimum atomic E-state index is -1.39. The summed E-state index contributed by atoms with van der Waals surface area (Å²) in [6.07, 6.45) is 1.37. The molecule has 0 fully saturated rings. The number of nitrogens with one attached hydrogen (secondary N) is 1. The maximum Gasteiger partial charge on any atom is 0.259 e. The number of nitrogens with zero attached hydrogens (tertiary/aromatic N) is 1. The quantitative estimate of drug-likeness (QED) is 0.820. The van der Waals surface area contributed by atoms with Crippen molar-refractivity contribution < 1.29 is 18.0 Å². The average Bonchev–Trinajstić information content (AvgIpc) is 2.35. The number of benzene rings is 1. The van der Waals surface area contributed by atoms with E-state index in [2.05, 4.69) is 4.98 Å². The minimum Gasteiger partial charge on any atom is -0.383 e. The smallest absolute Gasteiger partial charge is 0.259 e. The number of rotatable bonds is 2. The molecular formula is C12H8F3N3O. The third-order valence-corrected chi connectivity index (χ3v) is 2.32. The molecule has 0 spiro atoms. The van der Waals surface area contributed by atoms with Crippen LogP contribution in [-0.2, 0) is 0 Å². The first-order valence-electron chi connectivity index (χ1n) is 5.15. The lowest BCUT2D eigenvalue weighted by Crippen LogP contribution is -2.16. The van der Waals surface area contributed by atoms with Gasteiger partial charge in [0.1, 0.15) is 11.6 Å². The highest BCUT2D eigenvalue weighted by atomic mass is 19.2. The first-order chi connectivity index (χ1) is 8.99. The summed E-state index contributed by atoms with van der Waals surface area (Å²) >= 11 is 0. The molecule has 1 aromatic heterocycles. The largest absolute Gasteiger partial charge is 0.383 e. The van der Waals surface area contributed by atoms with E-state index in [1.165, 1.54) is 18.3 Å². The van der Waals surface area contributed by atoms with Crippen molar-refractivity contribution in [1.82, 2.24) is 4.98 Å². The van der Waals surface area contributed by atoms with Crippen molar-refractivity contribution in [3.05, 3.63) is 53.5 Å². The van der Waals surface area contributed by atoms with Gasteiger partial charge < -0.3 is 11.1 Å². The van der Waals surface area contributed by atoms with Gasteiger partial charge in [0.25, 0.3) is 5.91 Å². The van der Waals surface area contributed by atoms with E-state index in [9.17, 15) is 18.0 Å². The molecule has 0 radical (unpaired) electrons. The fraction of sp³-hybridized carbons (Fsp3) is 0. The molecule has 0 bridgehead atoms. The molecule has 1 amide bonds. The van der Waals surface area contributed by atoms with Crippen molar-refractivity contribution in [1.29, 1.82) is 0 Å². The standard InChI is InChI=1S/C12H8F3N3O/c13-6-4-8(14)10(15)9(5-6)18-12(19)7-2-1-3-17-11(7)16/h1-5H,(H2,16,17)(H,18,19). The number of carbonyl (C=O) groups is 1. The Morgan fingerprint density at radius 3 is 2.68 bits per heavy atom. The van der Waals surface area contributed by atoms with Crippen molar-refractivity contribution >= 4 is 17.4 Å². The molecule has 0 atom stereocenters. The number of aromatic nitrogens is 1. The van der Waals surface area contributed by atoms with E-state index >= 15 is 0 Å². The Morgan fingerprint density at radius 1 is 1.26 bits per heavy atom. The number of nitrogens with two attached hydrogens (primary N) is 1. The highest BCUT2D eigenvalue weighted by Gasteiger charge is 2.16. The number of anilines is 2. The molecule has 4 nitrogen and oxygen atoms in total. The van der Waals surface area contributed by atoms with Gasteiger partial charge >= 0.3 is 0 Å². The van der Waals surface area contributed by atoms with Crippen molar-refractivity contribution in [2.45, 2.75) is 0 Å². The Kier molecular flexibility index (Phi) is 3.37. The number of halogens is 3. The Morgan fingerprint density at radius 2 is 2.00 bits per heavy atom. The summed E-state index contributed by atoms with van der Waals surface area (Å²) in [4.78, 5) is 15.4. The maximum atomic E-state index is 13.4. The second-order valence-corrected chi connectivity index (χ2v) is 3.64. The van der Waals surface area contributed by atoms with Crippen LogP contribution in [0, 0.1) is 17.5 Å². The van der Waals surface area contributed by atoms with E-state index in [-0.39, 0.29) is 11.4 Å². The van der Waals surface area contributed by atoms with Crippen LogP contribution in [0.1, 0.15) is 10.4 Å². The molecule has 7 heteroatoms. The molecule has 0 saturated carbocycles. The molecule has 2 aromatic rings. The summed E-state index contributed by atoms with van der Waals surface area (Å²) in [5, 5.41) is 2.04. The SMILES string of the molecule is Nc1ncccc1C(=O)Nc1cc(F)cc(F)c1F. The zero-order valence-corrected chi connectivity index (χ0v) is 9.45. The normalized spacial score (nSPS) is 10.3. The lowest BCUT2D eigenvalue weighted by molar-refractivity contribution is 0.102. The number of hydrogen-bond donors (Lipinski definition) is 2. The van der Waals surface area contributed by atoms with E-state index in [0.29, 0.717) is 12.1 Å². The van der Waals surface area contributed by atoms with Crippen LogP contribution in [0.3, 0.4) is 0 Å². The number of carbonyl (C=O) groups excluding carboxylic acids is 1. The van der Waals surface area contributed by atoms with Gasteiger partial charge in [-0.3, -0.25) is 4.79 Å². The predicted octanol–water partition coefficient (Wildman–Crippen LogP) is 2.33. The van der Waals surface area contributed by atoms with Crippen LogP contribution in [0.2, 0.25) is 0 Å². The van der Waals surface area contributed by atoms with Gasteiger partial charge in [-0.05, 0) is 12.1 Å². The van der Waals surface area contributed by atoms with Gasteiger partial charge in [0.2, 0.25) is 0 Å². The van der Waals surface area contributed by atoms with Crippen molar-refractivity contribution in [2.75, 3.05) is 11.1 Å². The van der Waals surface area contributed by atoms with Crippen LogP contribution in [0.25, 0.3) is 0 Å². The summed E-state index contributed by atoms with van der Waals surface area (Å²) in [5.74, 6) is -4.63. The van der Waals surface area contributed by atoms with Gasteiger partial charge in [-0.15, -0.1) is 0 Å². The van der Waals surface area contributed by atoms with Gasteiger partial charge in [0.15, 0.2) is 11.6 Å². The van der Waals surface area contributed by atoms with Crippen LogP contribution in [0.5, 0.6) is 0 Å². The Balaban J connectivity index is 2.32. The monoisotopic (exact) mass is 267 g/mol. The van der Waals surface area contributed by atoms with E-state index in [1.807, 2.05) is 5.32 Å². The second kappa shape index (κ2) is 4.97. The molecular weight excluding hydrogens is 259 g/mol. The van der Waals surface area contributed by atoms with E-state index in [1.54, 1.807) is 0 Å². The number of hydrogen-bond acceptors (Lipinski definition) is 3. The van der Waals surface area contributed by atoms with Crippen molar-refractivity contribution in [2.24, 2.45) is 0 Å². The molecule has 2 rings (SSSR count). The predicted molar refractivity (Wildman–Crippen MR) is 62.9 cm³/mol. The van der Waals surface area contributed by atoms with Gasteiger partial charge in [0.05, 0.1) is 11.3 Å². The lowest BCUT2D eigenvalue weighted by atomic mass is 10.2. The van der Waals surface area contributed by atoms with Gasteiger partial charge in [-0.1, -0.05) is 0 Å². The number of amides is 1. The first-order valence-corrected chi connectivity index (χ1v) is 5.15. The fourth-order valence-electron chi connectivity index (χ4n) is 1.45. The topological polar surface area (TPSA) is 68.0 Å². The summed E-state index contributed by atoms with van der Waals surface area (Å²) in [5.41, 5.74) is 4.83. The van der Waals surface area contributed by atoms with E-state index < -0.39 is 29.0 Å². The molecule has 1 heterocycles. The van der Waals surface area contributed by atoms with Crippen molar-refractivity contribution in [3.63, 3.8) is 0 Å². The summed E-state index contributed by atoms with van der Waals surface area (Å²) in [6, 6.07) is 3.85. The van der Waals surface area contributed by atoms with Crippen LogP contribution in [-0.4, -0.2) is 10.9 Å². The average molecular weight is 267 g/mol. The Bertz CT molecular complexity index is 646. The Labute approximate surface area is 106 Å². The maximum absolute atomic E-state index is 13.4. The van der Waals surface area contributed by atoms with Crippen LogP contribution in [0.15, 0.2) is 30.5 Å².